The zero-order valence-electron chi connectivity index (χ0n) is 15.4. The van der Waals surface area contributed by atoms with Crippen LogP contribution in [-0.2, 0) is 9.47 Å². The van der Waals surface area contributed by atoms with Gasteiger partial charge in [-0.25, -0.2) is 0 Å². The first kappa shape index (κ1) is 18.0. The Balaban J connectivity index is 1.72. The van der Waals surface area contributed by atoms with Crippen molar-refractivity contribution in [1.29, 1.82) is 0 Å². The van der Waals surface area contributed by atoms with Crippen LogP contribution in [0.2, 0.25) is 0 Å². The number of ether oxygens (including phenoxy) is 3. The zero-order chi connectivity index (χ0) is 17.7. The number of nitrogens with one attached hydrogen (secondary N) is 2. The molecule has 2 unspecified atom stereocenters. The van der Waals surface area contributed by atoms with Gasteiger partial charge < -0.3 is 24.8 Å². The van der Waals surface area contributed by atoms with Gasteiger partial charge in [0.15, 0.2) is 5.96 Å². The summed E-state index contributed by atoms with van der Waals surface area (Å²) in [5.74, 6) is 1.74. The zero-order valence-corrected chi connectivity index (χ0v) is 15.4. The van der Waals surface area contributed by atoms with Crippen LogP contribution in [0.3, 0.4) is 0 Å². The summed E-state index contributed by atoms with van der Waals surface area (Å²) in [6.45, 7) is 9.63. The molecule has 2 heterocycles. The average molecular weight is 347 g/mol. The highest BCUT2D eigenvalue weighted by atomic mass is 16.6. The SMILES string of the molecule is CCNC(=NCC1COCCO1)NC1CC(C)(C)Oc2ccccc21. The molecule has 6 nitrogen and oxygen atoms in total. The summed E-state index contributed by atoms with van der Waals surface area (Å²) >= 11 is 0. The minimum absolute atomic E-state index is 0.0302. The van der Waals surface area contributed by atoms with Crippen molar-refractivity contribution in [2.24, 2.45) is 4.99 Å². The van der Waals surface area contributed by atoms with Gasteiger partial charge in [-0.15, -0.1) is 0 Å². The molecule has 0 radical (unpaired) electrons. The molecule has 1 aromatic carbocycles. The molecule has 0 aromatic heterocycles. The number of rotatable bonds is 4. The maximum atomic E-state index is 6.11. The molecule has 1 fully saturated rings. The van der Waals surface area contributed by atoms with Gasteiger partial charge in [-0.2, -0.15) is 0 Å². The molecule has 25 heavy (non-hydrogen) atoms. The predicted molar refractivity (Wildman–Crippen MR) is 98.2 cm³/mol. The molecule has 2 aliphatic heterocycles. The third kappa shape index (κ3) is 4.86. The van der Waals surface area contributed by atoms with Crippen LogP contribution in [-0.4, -0.2) is 50.6 Å². The van der Waals surface area contributed by atoms with Crippen LogP contribution in [0.1, 0.15) is 38.8 Å². The highest BCUT2D eigenvalue weighted by Crippen LogP contribution is 2.39. The Morgan fingerprint density at radius 2 is 2.12 bits per heavy atom. The van der Waals surface area contributed by atoms with Gasteiger partial charge in [0.05, 0.1) is 32.4 Å². The predicted octanol–water partition coefficient (Wildman–Crippen LogP) is 2.26. The van der Waals surface area contributed by atoms with E-state index in [2.05, 4.69) is 37.5 Å². The van der Waals surface area contributed by atoms with Crippen LogP contribution in [0.5, 0.6) is 5.75 Å². The lowest BCUT2D eigenvalue weighted by Crippen LogP contribution is -2.45. The second kappa shape index (κ2) is 8.06. The fraction of sp³-hybridized carbons (Fsp3) is 0.632. The summed E-state index contributed by atoms with van der Waals surface area (Å²) in [6.07, 6.45) is 0.903. The topological polar surface area (TPSA) is 64.1 Å². The lowest BCUT2D eigenvalue weighted by Gasteiger charge is -2.38. The van der Waals surface area contributed by atoms with Crippen LogP contribution in [0.25, 0.3) is 0 Å². The fourth-order valence-electron chi connectivity index (χ4n) is 3.25. The molecule has 0 spiro atoms. The Kier molecular flexibility index (Phi) is 5.81. The van der Waals surface area contributed by atoms with E-state index in [9.17, 15) is 0 Å². The van der Waals surface area contributed by atoms with E-state index >= 15 is 0 Å². The summed E-state index contributed by atoms with van der Waals surface area (Å²) in [5.41, 5.74) is 0.952. The number of para-hydroxylation sites is 1. The van der Waals surface area contributed by atoms with E-state index in [1.807, 2.05) is 18.2 Å². The molecule has 6 heteroatoms. The van der Waals surface area contributed by atoms with E-state index < -0.39 is 0 Å². The average Bonchev–Trinajstić information content (AvgIpc) is 2.60. The first-order valence-corrected chi connectivity index (χ1v) is 9.09. The highest BCUT2D eigenvalue weighted by molar-refractivity contribution is 5.80. The van der Waals surface area contributed by atoms with Crippen LogP contribution >= 0.6 is 0 Å². The summed E-state index contributed by atoms with van der Waals surface area (Å²) < 4.78 is 17.2. The summed E-state index contributed by atoms with van der Waals surface area (Å²) in [4.78, 5) is 4.70. The Morgan fingerprint density at radius 1 is 1.28 bits per heavy atom. The second-order valence-electron chi connectivity index (χ2n) is 7.09. The summed E-state index contributed by atoms with van der Waals surface area (Å²) in [5, 5.41) is 6.90. The van der Waals surface area contributed by atoms with Crippen molar-refractivity contribution in [3.05, 3.63) is 29.8 Å². The number of benzene rings is 1. The Labute approximate surface area is 149 Å². The number of hydrogen-bond acceptors (Lipinski definition) is 4. The lowest BCUT2D eigenvalue weighted by atomic mass is 9.90. The molecular weight excluding hydrogens is 318 g/mol. The van der Waals surface area contributed by atoms with Gasteiger partial charge in [0.2, 0.25) is 0 Å². The first-order valence-electron chi connectivity index (χ1n) is 9.09. The van der Waals surface area contributed by atoms with Crippen molar-refractivity contribution in [3.63, 3.8) is 0 Å². The molecule has 1 saturated heterocycles. The molecule has 1 aromatic rings. The molecule has 0 saturated carbocycles. The molecular formula is C19H29N3O3. The van der Waals surface area contributed by atoms with E-state index in [1.54, 1.807) is 0 Å². The molecule has 2 atom stereocenters. The van der Waals surface area contributed by atoms with E-state index in [0.29, 0.717) is 26.4 Å². The number of hydrogen-bond donors (Lipinski definition) is 2. The largest absolute Gasteiger partial charge is 0.487 e. The molecule has 0 aliphatic carbocycles. The quantitative estimate of drug-likeness (QED) is 0.646. The smallest absolute Gasteiger partial charge is 0.191 e. The summed E-state index contributed by atoms with van der Waals surface area (Å²) in [6, 6.07) is 8.36. The highest BCUT2D eigenvalue weighted by Gasteiger charge is 2.34. The van der Waals surface area contributed by atoms with Crippen molar-refractivity contribution in [2.75, 3.05) is 32.9 Å². The standard InChI is InChI=1S/C19H29N3O3/c1-4-20-18(21-12-14-13-23-9-10-24-14)22-16-11-19(2,3)25-17-8-6-5-7-15(16)17/h5-8,14,16H,4,9-13H2,1-3H3,(H2,20,21,22). The van der Waals surface area contributed by atoms with Crippen LogP contribution < -0.4 is 15.4 Å². The molecule has 0 amide bonds. The van der Waals surface area contributed by atoms with Crippen molar-refractivity contribution >= 4 is 5.96 Å². The van der Waals surface area contributed by atoms with E-state index in [-0.39, 0.29) is 17.7 Å². The fourth-order valence-corrected chi connectivity index (χ4v) is 3.25. The van der Waals surface area contributed by atoms with Crippen molar-refractivity contribution in [2.45, 2.75) is 44.9 Å². The molecule has 0 bridgehead atoms. The van der Waals surface area contributed by atoms with Gasteiger partial charge in [0, 0.05) is 18.5 Å². The van der Waals surface area contributed by atoms with Gasteiger partial charge in [0.25, 0.3) is 0 Å². The molecule has 2 N–H and O–H groups in total. The number of fused-ring (bicyclic) bond motifs is 1. The Bertz CT molecular complexity index is 597. The molecule has 3 rings (SSSR count). The van der Waals surface area contributed by atoms with Crippen LogP contribution in [0, 0.1) is 0 Å². The van der Waals surface area contributed by atoms with E-state index in [4.69, 9.17) is 19.2 Å². The van der Waals surface area contributed by atoms with Gasteiger partial charge >= 0.3 is 0 Å². The van der Waals surface area contributed by atoms with Crippen molar-refractivity contribution < 1.29 is 14.2 Å². The van der Waals surface area contributed by atoms with Gasteiger partial charge in [-0.1, -0.05) is 18.2 Å². The Hall–Kier alpha value is -1.79. The Morgan fingerprint density at radius 3 is 2.88 bits per heavy atom. The van der Waals surface area contributed by atoms with Gasteiger partial charge in [0.1, 0.15) is 17.5 Å². The van der Waals surface area contributed by atoms with Crippen molar-refractivity contribution in [1.82, 2.24) is 10.6 Å². The second-order valence-corrected chi connectivity index (χ2v) is 7.09. The third-order valence-electron chi connectivity index (χ3n) is 4.37. The minimum Gasteiger partial charge on any atom is -0.487 e. The van der Waals surface area contributed by atoms with Crippen LogP contribution in [0.4, 0.5) is 0 Å². The maximum Gasteiger partial charge on any atom is 0.191 e. The first-order chi connectivity index (χ1) is 12.1. The molecule has 138 valence electrons. The van der Waals surface area contributed by atoms with Gasteiger partial charge in [-0.3, -0.25) is 4.99 Å². The third-order valence-corrected chi connectivity index (χ3v) is 4.37. The lowest BCUT2D eigenvalue weighted by molar-refractivity contribution is -0.0833. The summed E-state index contributed by atoms with van der Waals surface area (Å²) in [7, 11) is 0. The maximum absolute atomic E-state index is 6.11. The number of aliphatic imine (C=N–C) groups is 1. The van der Waals surface area contributed by atoms with E-state index in [0.717, 1.165) is 24.7 Å². The van der Waals surface area contributed by atoms with E-state index in [1.165, 1.54) is 5.56 Å². The monoisotopic (exact) mass is 347 g/mol. The van der Waals surface area contributed by atoms with Crippen LogP contribution in [0.15, 0.2) is 29.3 Å². The van der Waals surface area contributed by atoms with Crippen molar-refractivity contribution in [3.8, 4) is 5.75 Å². The normalized spacial score (nSPS) is 25.6. The number of guanidine groups is 1. The van der Waals surface area contributed by atoms with Gasteiger partial charge in [-0.05, 0) is 26.8 Å². The molecule has 2 aliphatic rings. The minimum atomic E-state index is -0.219. The number of nitrogens with zero attached hydrogens (tertiary/aromatic N) is 1.